The largest absolute Gasteiger partial charge is 0.494 e. The lowest BCUT2D eigenvalue weighted by Gasteiger charge is -2.32. The molecule has 1 N–H and O–H groups in total. The van der Waals surface area contributed by atoms with E-state index >= 15 is 0 Å². The van der Waals surface area contributed by atoms with Crippen LogP contribution in [0.2, 0.25) is 5.02 Å². The number of ether oxygens (including phenoxy) is 1. The quantitative estimate of drug-likeness (QED) is 0.796. The van der Waals surface area contributed by atoms with Crippen LogP contribution in [0.3, 0.4) is 0 Å². The number of amides is 1. The van der Waals surface area contributed by atoms with Crippen molar-refractivity contribution in [2.75, 3.05) is 0 Å². The monoisotopic (exact) mass is 381 g/mol. The number of rotatable bonds is 3. The number of alkyl carbamates (subject to hydrolysis) is 1. The zero-order valence-electron chi connectivity index (χ0n) is 16.9. The molecule has 1 aliphatic heterocycles. The van der Waals surface area contributed by atoms with Crippen molar-refractivity contribution in [3.05, 3.63) is 28.8 Å². The Hall–Kier alpha value is -1.24. The maximum absolute atomic E-state index is 12.0. The van der Waals surface area contributed by atoms with Crippen LogP contribution in [0.15, 0.2) is 18.2 Å². The van der Waals surface area contributed by atoms with Gasteiger partial charge in [-0.1, -0.05) is 23.7 Å². The van der Waals surface area contributed by atoms with Gasteiger partial charge in [0.25, 0.3) is 0 Å². The summed E-state index contributed by atoms with van der Waals surface area (Å²) in [4.78, 5) is 12.0. The first-order valence-electron chi connectivity index (χ1n) is 8.86. The molecule has 0 saturated carbocycles. The minimum absolute atomic E-state index is 0.287. The standard InChI is InChI=1S/C19H29BClNO4/c1-12(22-16(23)24-17(2,3)4)14-10-9-13(11-15(14)21)20-25-18(5,6)19(7,8)26-20/h9-12H,1-8H3,(H,22,23). The Labute approximate surface area is 161 Å². The molecule has 0 radical (unpaired) electrons. The first-order chi connectivity index (χ1) is 11.7. The highest BCUT2D eigenvalue weighted by Gasteiger charge is 2.51. The summed E-state index contributed by atoms with van der Waals surface area (Å²) in [7, 11) is -0.472. The van der Waals surface area contributed by atoms with E-state index in [1.165, 1.54) is 0 Å². The Morgan fingerprint density at radius 1 is 1.19 bits per heavy atom. The Morgan fingerprint density at radius 2 is 1.73 bits per heavy atom. The van der Waals surface area contributed by atoms with Crippen LogP contribution >= 0.6 is 11.6 Å². The van der Waals surface area contributed by atoms with Gasteiger partial charge >= 0.3 is 13.2 Å². The Bertz CT molecular complexity index is 669. The third-order valence-electron chi connectivity index (χ3n) is 4.75. The van der Waals surface area contributed by atoms with Gasteiger partial charge in [0.05, 0.1) is 17.2 Å². The maximum Gasteiger partial charge on any atom is 0.494 e. The molecule has 1 unspecified atom stereocenters. The van der Waals surface area contributed by atoms with Gasteiger partial charge in [-0.2, -0.15) is 0 Å². The fourth-order valence-electron chi connectivity index (χ4n) is 2.58. The predicted molar refractivity (Wildman–Crippen MR) is 105 cm³/mol. The van der Waals surface area contributed by atoms with Crippen molar-refractivity contribution < 1.29 is 18.8 Å². The molecule has 0 spiro atoms. The van der Waals surface area contributed by atoms with Gasteiger partial charge in [-0.25, -0.2) is 4.79 Å². The summed E-state index contributed by atoms with van der Waals surface area (Å²) in [5, 5.41) is 3.34. The average Bonchev–Trinajstić information content (AvgIpc) is 2.64. The van der Waals surface area contributed by atoms with Crippen molar-refractivity contribution in [3.63, 3.8) is 0 Å². The van der Waals surface area contributed by atoms with E-state index in [0.717, 1.165) is 11.0 Å². The lowest BCUT2D eigenvalue weighted by molar-refractivity contribution is 0.00578. The molecule has 0 bridgehead atoms. The molecule has 2 rings (SSSR count). The average molecular weight is 382 g/mol. The molecule has 1 fully saturated rings. The molecule has 7 heteroatoms. The highest BCUT2D eigenvalue weighted by Crippen LogP contribution is 2.36. The second-order valence-electron chi connectivity index (χ2n) is 8.74. The molecule has 0 aromatic heterocycles. The Morgan fingerprint density at radius 3 is 2.19 bits per heavy atom. The van der Waals surface area contributed by atoms with Gasteiger partial charge in [0.1, 0.15) is 5.60 Å². The fourth-order valence-corrected chi connectivity index (χ4v) is 2.94. The predicted octanol–water partition coefficient (Wildman–Crippen LogP) is 4.22. The summed E-state index contributed by atoms with van der Waals surface area (Å²) < 4.78 is 17.4. The molecular formula is C19H29BClNO4. The van der Waals surface area contributed by atoms with Crippen LogP contribution in [0.25, 0.3) is 0 Å². The van der Waals surface area contributed by atoms with E-state index in [1.807, 2.05) is 73.6 Å². The van der Waals surface area contributed by atoms with Crippen LogP contribution in [0, 0.1) is 0 Å². The lowest BCUT2D eigenvalue weighted by atomic mass is 9.78. The fraction of sp³-hybridized carbons (Fsp3) is 0.632. The second-order valence-corrected chi connectivity index (χ2v) is 9.14. The van der Waals surface area contributed by atoms with Crippen molar-refractivity contribution in [2.24, 2.45) is 0 Å². The molecule has 1 amide bonds. The third kappa shape index (κ3) is 4.73. The molecular weight excluding hydrogens is 352 g/mol. The second kappa shape index (κ2) is 7.06. The molecule has 144 valence electrons. The van der Waals surface area contributed by atoms with Crippen LogP contribution in [-0.2, 0) is 14.0 Å². The maximum atomic E-state index is 12.0. The minimum atomic E-state index is -0.547. The number of hydrogen-bond donors (Lipinski definition) is 1. The normalized spacial score (nSPS) is 20.0. The Kier molecular flexibility index (Phi) is 5.72. The molecule has 26 heavy (non-hydrogen) atoms. The molecule has 1 aliphatic rings. The van der Waals surface area contributed by atoms with Gasteiger partial charge in [-0.05, 0) is 72.5 Å². The highest BCUT2D eigenvalue weighted by atomic mass is 35.5. The first-order valence-corrected chi connectivity index (χ1v) is 9.24. The van der Waals surface area contributed by atoms with E-state index in [-0.39, 0.29) is 6.04 Å². The van der Waals surface area contributed by atoms with Gasteiger partial charge in [0.15, 0.2) is 0 Å². The number of benzene rings is 1. The summed E-state index contributed by atoms with van der Waals surface area (Å²) in [5.41, 5.74) is 0.288. The van der Waals surface area contributed by atoms with Crippen molar-refractivity contribution in [2.45, 2.75) is 78.2 Å². The van der Waals surface area contributed by atoms with E-state index in [9.17, 15) is 4.79 Å². The number of carbonyl (C=O) groups is 1. The summed E-state index contributed by atoms with van der Waals surface area (Å²) >= 11 is 6.46. The smallest absolute Gasteiger partial charge is 0.444 e. The first kappa shape index (κ1) is 21.1. The van der Waals surface area contributed by atoms with E-state index in [0.29, 0.717) is 5.02 Å². The van der Waals surface area contributed by atoms with Crippen LogP contribution in [0.1, 0.15) is 67.0 Å². The van der Waals surface area contributed by atoms with Crippen LogP contribution < -0.4 is 10.8 Å². The van der Waals surface area contributed by atoms with Crippen molar-refractivity contribution in [1.82, 2.24) is 5.32 Å². The minimum Gasteiger partial charge on any atom is -0.444 e. The highest BCUT2D eigenvalue weighted by molar-refractivity contribution is 6.62. The van der Waals surface area contributed by atoms with E-state index < -0.39 is 30.0 Å². The molecule has 1 atom stereocenters. The summed E-state index contributed by atoms with van der Waals surface area (Å²) in [6.07, 6.45) is -0.476. The molecule has 1 saturated heterocycles. The lowest BCUT2D eigenvalue weighted by Crippen LogP contribution is -2.41. The number of carbonyl (C=O) groups excluding carboxylic acids is 1. The van der Waals surface area contributed by atoms with Crippen LogP contribution in [0.5, 0.6) is 0 Å². The zero-order valence-corrected chi connectivity index (χ0v) is 17.7. The van der Waals surface area contributed by atoms with Gasteiger partial charge in [-0.3, -0.25) is 0 Å². The SMILES string of the molecule is CC(NC(=O)OC(C)(C)C)c1ccc(B2OC(C)(C)C(C)(C)O2)cc1Cl. The summed E-state index contributed by atoms with van der Waals surface area (Å²) in [6.45, 7) is 15.4. The number of halogens is 1. The molecule has 1 aromatic carbocycles. The van der Waals surface area contributed by atoms with Crippen molar-refractivity contribution in [1.29, 1.82) is 0 Å². The van der Waals surface area contributed by atoms with Crippen molar-refractivity contribution in [3.8, 4) is 0 Å². The van der Waals surface area contributed by atoms with E-state index in [4.69, 9.17) is 25.6 Å². The van der Waals surface area contributed by atoms with Gasteiger partial charge in [-0.15, -0.1) is 0 Å². The molecule has 5 nitrogen and oxygen atoms in total. The number of nitrogens with one attached hydrogen (secondary N) is 1. The van der Waals surface area contributed by atoms with Gasteiger partial charge in [0, 0.05) is 5.02 Å². The van der Waals surface area contributed by atoms with Crippen LogP contribution in [0.4, 0.5) is 4.79 Å². The molecule has 1 aromatic rings. The van der Waals surface area contributed by atoms with E-state index in [1.54, 1.807) is 0 Å². The topological polar surface area (TPSA) is 56.8 Å². The number of hydrogen-bond acceptors (Lipinski definition) is 4. The third-order valence-corrected chi connectivity index (χ3v) is 5.08. The van der Waals surface area contributed by atoms with E-state index in [2.05, 4.69) is 5.32 Å². The van der Waals surface area contributed by atoms with Crippen LogP contribution in [-0.4, -0.2) is 30.0 Å². The van der Waals surface area contributed by atoms with Gasteiger partial charge in [0.2, 0.25) is 0 Å². The molecule has 0 aliphatic carbocycles. The summed E-state index contributed by atoms with van der Waals surface area (Å²) in [6, 6.07) is 5.33. The van der Waals surface area contributed by atoms with Crippen molar-refractivity contribution >= 4 is 30.3 Å². The summed E-state index contributed by atoms with van der Waals surface area (Å²) in [5.74, 6) is 0. The zero-order chi connectivity index (χ0) is 19.9. The van der Waals surface area contributed by atoms with Gasteiger partial charge < -0.3 is 19.4 Å². The Balaban J connectivity index is 2.11. The molecule has 1 heterocycles.